The summed E-state index contributed by atoms with van der Waals surface area (Å²) in [7, 11) is 0. The number of hydrogen-bond donors (Lipinski definition) is 1. The largest absolute Gasteiger partial charge is 0.477 e. The molecule has 1 N–H and O–H groups in total. The van der Waals surface area contributed by atoms with E-state index in [4.69, 9.17) is 27.7 Å². The lowest BCUT2D eigenvalue weighted by Gasteiger charge is -2.14. The van der Waals surface area contributed by atoms with Crippen molar-refractivity contribution in [3.8, 4) is 11.3 Å². The average molecular weight is 314 g/mol. The molecular weight excluding hydrogens is 301 g/mol. The van der Waals surface area contributed by atoms with Crippen molar-refractivity contribution in [1.29, 1.82) is 0 Å². The number of carboxylic acid groups (broad SMARTS) is 1. The molecule has 106 valence electrons. The zero-order valence-corrected chi connectivity index (χ0v) is 12.7. The van der Waals surface area contributed by atoms with Crippen LogP contribution in [0.1, 0.15) is 36.9 Å². The Labute approximate surface area is 126 Å². The van der Waals surface area contributed by atoms with Crippen LogP contribution in [0.3, 0.4) is 0 Å². The second-order valence-corrected chi connectivity index (χ2v) is 6.26. The van der Waals surface area contributed by atoms with Gasteiger partial charge in [0.2, 0.25) is 0 Å². The zero-order chi connectivity index (χ0) is 15.1. The fraction of sp³-hybridized carbons (Fsp3) is 0.286. The van der Waals surface area contributed by atoms with Gasteiger partial charge >= 0.3 is 5.97 Å². The Kier molecular flexibility index (Phi) is 3.80. The Morgan fingerprint density at radius 1 is 1.30 bits per heavy atom. The van der Waals surface area contributed by atoms with E-state index in [1.807, 2.05) is 20.8 Å². The third kappa shape index (κ3) is 2.67. The van der Waals surface area contributed by atoms with E-state index < -0.39 is 11.4 Å². The molecular formula is C14H13Cl2NO3. The van der Waals surface area contributed by atoms with Crippen molar-refractivity contribution in [2.75, 3.05) is 0 Å². The molecule has 20 heavy (non-hydrogen) atoms. The molecule has 0 amide bonds. The Hall–Kier alpha value is -1.52. The maximum Gasteiger partial charge on any atom is 0.341 e. The molecule has 0 atom stereocenters. The average Bonchev–Trinajstić information content (AvgIpc) is 2.76. The fourth-order valence-corrected chi connectivity index (χ4v) is 2.24. The summed E-state index contributed by atoms with van der Waals surface area (Å²) in [5, 5.41) is 14.1. The molecule has 0 aliphatic heterocycles. The van der Waals surface area contributed by atoms with Crippen molar-refractivity contribution in [2.45, 2.75) is 26.2 Å². The van der Waals surface area contributed by atoms with Crippen LogP contribution in [0.15, 0.2) is 22.7 Å². The van der Waals surface area contributed by atoms with E-state index in [0.29, 0.717) is 21.4 Å². The first-order valence-electron chi connectivity index (χ1n) is 5.90. The van der Waals surface area contributed by atoms with Crippen LogP contribution in [0, 0.1) is 0 Å². The van der Waals surface area contributed by atoms with Crippen LogP contribution in [-0.4, -0.2) is 16.2 Å². The van der Waals surface area contributed by atoms with Gasteiger partial charge in [0.05, 0.1) is 5.02 Å². The molecule has 6 heteroatoms. The van der Waals surface area contributed by atoms with Gasteiger partial charge in [0.15, 0.2) is 5.76 Å². The summed E-state index contributed by atoms with van der Waals surface area (Å²) in [6.45, 7) is 5.55. The minimum atomic E-state index is -1.11. The first-order valence-corrected chi connectivity index (χ1v) is 6.66. The Bertz CT molecular complexity index is 672. The van der Waals surface area contributed by atoms with E-state index >= 15 is 0 Å². The van der Waals surface area contributed by atoms with Gasteiger partial charge < -0.3 is 9.63 Å². The van der Waals surface area contributed by atoms with Crippen LogP contribution >= 0.6 is 23.2 Å². The Morgan fingerprint density at radius 3 is 2.50 bits per heavy atom. The van der Waals surface area contributed by atoms with Crippen molar-refractivity contribution in [3.63, 3.8) is 0 Å². The molecule has 0 fully saturated rings. The molecule has 1 heterocycles. The van der Waals surface area contributed by atoms with Gasteiger partial charge in [-0.2, -0.15) is 0 Å². The summed E-state index contributed by atoms with van der Waals surface area (Å²) in [6, 6.07) is 4.79. The number of carbonyl (C=O) groups is 1. The first-order chi connectivity index (χ1) is 9.21. The van der Waals surface area contributed by atoms with Crippen LogP contribution in [0.5, 0.6) is 0 Å². The molecule has 0 spiro atoms. The number of benzene rings is 1. The molecule has 0 aliphatic rings. The summed E-state index contributed by atoms with van der Waals surface area (Å²) in [6.07, 6.45) is 0. The molecule has 0 aliphatic carbocycles. The first kappa shape index (κ1) is 14.9. The standard InChI is InChI=1S/C14H13Cl2NO3/c1-14(2,3)12-10(13(18)19)11(17-20-12)8-6-7(15)4-5-9(8)16/h4-6H,1-3H3,(H,18,19). The second kappa shape index (κ2) is 5.11. The van der Waals surface area contributed by atoms with Crippen molar-refractivity contribution in [1.82, 2.24) is 5.16 Å². The second-order valence-electron chi connectivity index (χ2n) is 5.41. The molecule has 0 radical (unpaired) electrons. The predicted octanol–water partition coefficient (Wildman–Crippen LogP) is 4.64. The molecule has 0 unspecified atom stereocenters. The third-order valence-electron chi connectivity index (χ3n) is 2.77. The number of aromatic nitrogens is 1. The van der Waals surface area contributed by atoms with E-state index in [9.17, 15) is 9.90 Å². The van der Waals surface area contributed by atoms with Crippen molar-refractivity contribution in [3.05, 3.63) is 39.6 Å². The van der Waals surface area contributed by atoms with Crippen LogP contribution < -0.4 is 0 Å². The van der Waals surface area contributed by atoms with Gasteiger partial charge in [0, 0.05) is 16.0 Å². The molecule has 1 aromatic carbocycles. The van der Waals surface area contributed by atoms with E-state index in [1.54, 1.807) is 18.2 Å². The van der Waals surface area contributed by atoms with Crippen LogP contribution in [0.4, 0.5) is 0 Å². The van der Waals surface area contributed by atoms with Gasteiger partial charge in [-0.25, -0.2) is 4.79 Å². The number of rotatable bonds is 2. The highest BCUT2D eigenvalue weighted by Gasteiger charge is 2.31. The highest BCUT2D eigenvalue weighted by Crippen LogP contribution is 2.37. The zero-order valence-electron chi connectivity index (χ0n) is 11.2. The Morgan fingerprint density at radius 2 is 1.95 bits per heavy atom. The summed E-state index contributed by atoms with van der Waals surface area (Å²) >= 11 is 12.0. The number of nitrogens with zero attached hydrogens (tertiary/aromatic N) is 1. The van der Waals surface area contributed by atoms with E-state index in [1.165, 1.54) is 0 Å². The monoisotopic (exact) mass is 313 g/mol. The van der Waals surface area contributed by atoms with Gasteiger partial charge in [-0.3, -0.25) is 0 Å². The minimum absolute atomic E-state index is 0.0154. The maximum atomic E-state index is 11.5. The van der Waals surface area contributed by atoms with Gasteiger partial charge in [-0.1, -0.05) is 49.1 Å². The minimum Gasteiger partial charge on any atom is -0.477 e. The number of hydrogen-bond acceptors (Lipinski definition) is 3. The molecule has 1 aromatic heterocycles. The van der Waals surface area contributed by atoms with Crippen molar-refractivity contribution in [2.24, 2.45) is 0 Å². The lowest BCUT2D eigenvalue weighted by atomic mass is 9.89. The molecule has 2 rings (SSSR count). The van der Waals surface area contributed by atoms with E-state index in [2.05, 4.69) is 5.16 Å². The van der Waals surface area contributed by atoms with Crippen LogP contribution in [0.2, 0.25) is 10.0 Å². The van der Waals surface area contributed by atoms with Gasteiger partial charge in [-0.15, -0.1) is 0 Å². The molecule has 0 saturated heterocycles. The van der Waals surface area contributed by atoms with Crippen molar-refractivity contribution < 1.29 is 14.4 Å². The van der Waals surface area contributed by atoms with Crippen LogP contribution in [-0.2, 0) is 5.41 Å². The molecule has 4 nitrogen and oxygen atoms in total. The SMILES string of the molecule is CC(C)(C)c1onc(-c2cc(Cl)ccc2Cl)c1C(=O)O. The summed E-state index contributed by atoms with van der Waals surface area (Å²) in [5.41, 5.74) is 0.164. The summed E-state index contributed by atoms with van der Waals surface area (Å²) in [5.74, 6) is -0.807. The number of halogens is 2. The normalized spacial score (nSPS) is 11.7. The van der Waals surface area contributed by atoms with E-state index in [0.717, 1.165) is 0 Å². The summed E-state index contributed by atoms with van der Waals surface area (Å²) in [4.78, 5) is 11.5. The maximum absolute atomic E-state index is 11.5. The summed E-state index contributed by atoms with van der Waals surface area (Å²) < 4.78 is 5.24. The quantitative estimate of drug-likeness (QED) is 0.877. The third-order valence-corrected chi connectivity index (χ3v) is 3.34. The molecule has 0 saturated carbocycles. The lowest BCUT2D eigenvalue weighted by molar-refractivity contribution is 0.0693. The van der Waals surface area contributed by atoms with Gasteiger partial charge in [-0.05, 0) is 18.2 Å². The molecule has 2 aromatic rings. The smallest absolute Gasteiger partial charge is 0.341 e. The lowest BCUT2D eigenvalue weighted by Crippen LogP contribution is -2.15. The van der Waals surface area contributed by atoms with E-state index in [-0.39, 0.29) is 11.3 Å². The number of carboxylic acids is 1. The van der Waals surface area contributed by atoms with Crippen molar-refractivity contribution >= 4 is 29.2 Å². The van der Waals surface area contributed by atoms with Crippen LogP contribution in [0.25, 0.3) is 11.3 Å². The highest BCUT2D eigenvalue weighted by atomic mass is 35.5. The number of aromatic carboxylic acids is 1. The Balaban J connectivity index is 2.73. The van der Waals surface area contributed by atoms with Gasteiger partial charge in [0.25, 0.3) is 0 Å². The predicted molar refractivity (Wildman–Crippen MR) is 77.6 cm³/mol. The van der Waals surface area contributed by atoms with Gasteiger partial charge in [0.1, 0.15) is 11.3 Å². The molecule has 0 bridgehead atoms. The highest BCUT2D eigenvalue weighted by molar-refractivity contribution is 6.35. The topological polar surface area (TPSA) is 63.3 Å². The fourth-order valence-electron chi connectivity index (χ4n) is 1.86.